The molecule has 5 heteroatoms. The Hall–Kier alpha value is -1.88. The highest BCUT2D eigenvalue weighted by Gasteiger charge is 2.25. The van der Waals surface area contributed by atoms with Gasteiger partial charge < -0.3 is 9.47 Å². The molecule has 1 fully saturated rings. The first-order valence-corrected chi connectivity index (χ1v) is 7.10. The van der Waals surface area contributed by atoms with E-state index in [-0.39, 0.29) is 11.9 Å². The van der Waals surface area contributed by atoms with Crippen LogP contribution >= 0.6 is 0 Å². The van der Waals surface area contributed by atoms with Gasteiger partial charge in [0.25, 0.3) is 0 Å². The summed E-state index contributed by atoms with van der Waals surface area (Å²) in [5.74, 6) is 0.631. The van der Waals surface area contributed by atoms with Gasteiger partial charge in [0.2, 0.25) is 0 Å². The van der Waals surface area contributed by atoms with Crippen molar-refractivity contribution in [1.82, 2.24) is 4.90 Å². The van der Waals surface area contributed by atoms with Crippen molar-refractivity contribution in [2.24, 2.45) is 5.92 Å². The van der Waals surface area contributed by atoms with Gasteiger partial charge in [0.15, 0.2) is 0 Å². The van der Waals surface area contributed by atoms with Crippen molar-refractivity contribution >= 4 is 12.3 Å². The number of esters is 1. The zero-order chi connectivity index (χ0) is 15.2. The molecule has 0 radical (unpaired) electrons. The predicted octanol–water partition coefficient (Wildman–Crippen LogP) is 1.89. The van der Waals surface area contributed by atoms with E-state index in [9.17, 15) is 9.59 Å². The molecule has 21 heavy (non-hydrogen) atoms. The van der Waals surface area contributed by atoms with Crippen molar-refractivity contribution < 1.29 is 19.1 Å². The Kier molecular flexibility index (Phi) is 5.33. The first-order valence-electron chi connectivity index (χ1n) is 7.10. The van der Waals surface area contributed by atoms with Crippen LogP contribution in [0, 0.1) is 5.92 Å². The fourth-order valence-corrected chi connectivity index (χ4v) is 2.70. The molecule has 0 aliphatic carbocycles. The van der Waals surface area contributed by atoms with Crippen LogP contribution in [0.3, 0.4) is 0 Å². The minimum absolute atomic E-state index is 0.00195. The van der Waals surface area contributed by atoms with Crippen LogP contribution in [-0.2, 0) is 16.1 Å². The average molecular weight is 291 g/mol. The number of benzene rings is 1. The smallest absolute Gasteiger partial charge is 0.308 e. The maximum absolute atomic E-state index is 11.5. The summed E-state index contributed by atoms with van der Waals surface area (Å²) < 4.78 is 10.0. The summed E-state index contributed by atoms with van der Waals surface area (Å²) in [7, 11) is 3.04. The maximum Gasteiger partial charge on any atom is 0.308 e. The number of ether oxygens (including phenoxy) is 2. The van der Waals surface area contributed by atoms with Crippen molar-refractivity contribution in [3.63, 3.8) is 0 Å². The van der Waals surface area contributed by atoms with Crippen molar-refractivity contribution in [2.75, 3.05) is 27.3 Å². The van der Waals surface area contributed by atoms with Crippen molar-refractivity contribution in [2.45, 2.75) is 19.4 Å². The van der Waals surface area contributed by atoms with Crippen LogP contribution in [0.15, 0.2) is 18.2 Å². The standard InChI is InChI=1S/C16H21NO4/c1-20-15-4-3-13(11-18)14(9-15)10-17-7-5-12(6-8-17)16(19)21-2/h3-4,9,11-12H,5-8,10H2,1-2H3. The Morgan fingerprint density at radius 1 is 1.33 bits per heavy atom. The van der Waals surface area contributed by atoms with E-state index in [0.29, 0.717) is 12.1 Å². The first kappa shape index (κ1) is 15.5. The van der Waals surface area contributed by atoms with Crippen LogP contribution in [-0.4, -0.2) is 44.5 Å². The van der Waals surface area contributed by atoms with E-state index in [1.54, 1.807) is 19.2 Å². The zero-order valence-corrected chi connectivity index (χ0v) is 12.5. The van der Waals surface area contributed by atoms with Gasteiger partial charge in [-0.1, -0.05) is 0 Å². The van der Waals surface area contributed by atoms with Gasteiger partial charge in [-0.25, -0.2) is 0 Å². The van der Waals surface area contributed by atoms with Gasteiger partial charge in [-0.3, -0.25) is 14.5 Å². The van der Waals surface area contributed by atoms with E-state index >= 15 is 0 Å². The molecule has 5 nitrogen and oxygen atoms in total. The lowest BCUT2D eigenvalue weighted by atomic mass is 9.96. The van der Waals surface area contributed by atoms with Gasteiger partial charge >= 0.3 is 5.97 Å². The van der Waals surface area contributed by atoms with Crippen LogP contribution in [0.5, 0.6) is 5.75 Å². The minimum Gasteiger partial charge on any atom is -0.497 e. The Morgan fingerprint density at radius 3 is 2.62 bits per heavy atom. The largest absolute Gasteiger partial charge is 0.497 e. The van der Waals surface area contributed by atoms with Crippen LogP contribution in [0.4, 0.5) is 0 Å². The number of carbonyl (C=O) groups excluding carboxylic acids is 2. The van der Waals surface area contributed by atoms with Gasteiger partial charge in [-0.2, -0.15) is 0 Å². The molecular formula is C16H21NO4. The molecule has 1 saturated heterocycles. The van der Waals surface area contributed by atoms with E-state index in [1.807, 2.05) is 6.07 Å². The fraction of sp³-hybridized carbons (Fsp3) is 0.500. The molecule has 0 unspecified atom stereocenters. The highest BCUT2D eigenvalue weighted by molar-refractivity contribution is 5.77. The molecule has 1 aromatic rings. The monoisotopic (exact) mass is 291 g/mol. The quantitative estimate of drug-likeness (QED) is 0.612. The summed E-state index contributed by atoms with van der Waals surface area (Å²) in [6.45, 7) is 2.35. The molecule has 1 aliphatic rings. The molecule has 0 bridgehead atoms. The number of carbonyl (C=O) groups is 2. The average Bonchev–Trinajstić information content (AvgIpc) is 2.54. The normalized spacial score (nSPS) is 16.5. The summed E-state index contributed by atoms with van der Waals surface area (Å²) in [6.07, 6.45) is 2.47. The Bertz CT molecular complexity index is 507. The lowest BCUT2D eigenvalue weighted by Gasteiger charge is -2.30. The van der Waals surface area contributed by atoms with Crippen molar-refractivity contribution in [1.29, 1.82) is 0 Å². The topological polar surface area (TPSA) is 55.8 Å². The van der Waals surface area contributed by atoms with E-state index in [4.69, 9.17) is 9.47 Å². The second-order valence-electron chi connectivity index (χ2n) is 5.26. The number of hydrogen-bond acceptors (Lipinski definition) is 5. The number of rotatable bonds is 5. The number of piperidine rings is 1. The molecule has 0 aromatic heterocycles. The van der Waals surface area contributed by atoms with E-state index in [0.717, 1.165) is 43.5 Å². The third kappa shape index (κ3) is 3.82. The third-order valence-corrected chi connectivity index (χ3v) is 3.99. The third-order valence-electron chi connectivity index (χ3n) is 3.99. The van der Waals surface area contributed by atoms with Crippen LogP contribution < -0.4 is 4.74 Å². The fourth-order valence-electron chi connectivity index (χ4n) is 2.70. The van der Waals surface area contributed by atoms with E-state index < -0.39 is 0 Å². The highest BCUT2D eigenvalue weighted by Crippen LogP contribution is 2.23. The minimum atomic E-state index is -0.121. The van der Waals surface area contributed by atoms with Crippen molar-refractivity contribution in [3.05, 3.63) is 29.3 Å². The molecule has 1 aliphatic heterocycles. The van der Waals surface area contributed by atoms with E-state index in [2.05, 4.69) is 4.90 Å². The second kappa shape index (κ2) is 7.22. The Balaban J connectivity index is 2.00. The van der Waals surface area contributed by atoms with Gasteiger partial charge in [-0.05, 0) is 49.7 Å². The summed E-state index contributed by atoms with van der Waals surface area (Å²) in [5, 5.41) is 0. The molecule has 0 amide bonds. The first-order chi connectivity index (χ1) is 10.2. The molecule has 0 saturated carbocycles. The summed E-state index contributed by atoms with van der Waals surface area (Å²) >= 11 is 0. The second-order valence-corrected chi connectivity index (χ2v) is 5.26. The Morgan fingerprint density at radius 2 is 2.05 bits per heavy atom. The summed E-state index contributed by atoms with van der Waals surface area (Å²) in [4.78, 5) is 24.9. The number of nitrogens with zero attached hydrogens (tertiary/aromatic N) is 1. The molecule has 1 heterocycles. The van der Waals surface area contributed by atoms with Crippen LogP contribution in [0.25, 0.3) is 0 Å². The molecule has 0 spiro atoms. The van der Waals surface area contributed by atoms with Gasteiger partial charge in [-0.15, -0.1) is 0 Å². The summed E-state index contributed by atoms with van der Waals surface area (Å²) in [6, 6.07) is 5.47. The number of methoxy groups -OCH3 is 2. The molecule has 0 atom stereocenters. The van der Waals surface area contributed by atoms with Crippen LogP contribution in [0.2, 0.25) is 0 Å². The lowest BCUT2D eigenvalue weighted by Crippen LogP contribution is -2.36. The number of likely N-dealkylation sites (tertiary alicyclic amines) is 1. The molecular weight excluding hydrogens is 270 g/mol. The lowest BCUT2D eigenvalue weighted by molar-refractivity contribution is -0.147. The molecule has 1 aromatic carbocycles. The van der Waals surface area contributed by atoms with Gasteiger partial charge in [0, 0.05) is 12.1 Å². The highest BCUT2D eigenvalue weighted by atomic mass is 16.5. The zero-order valence-electron chi connectivity index (χ0n) is 12.5. The van der Waals surface area contributed by atoms with Gasteiger partial charge in [0.05, 0.1) is 20.1 Å². The number of aldehydes is 1. The molecule has 2 rings (SSSR count). The van der Waals surface area contributed by atoms with Crippen LogP contribution in [0.1, 0.15) is 28.8 Å². The maximum atomic E-state index is 11.5. The number of hydrogen-bond donors (Lipinski definition) is 0. The summed E-state index contributed by atoms with van der Waals surface area (Å²) in [5.41, 5.74) is 1.65. The van der Waals surface area contributed by atoms with Gasteiger partial charge in [0.1, 0.15) is 12.0 Å². The van der Waals surface area contributed by atoms with E-state index in [1.165, 1.54) is 7.11 Å². The predicted molar refractivity (Wildman–Crippen MR) is 78.4 cm³/mol. The van der Waals surface area contributed by atoms with Crippen molar-refractivity contribution in [3.8, 4) is 5.75 Å². The SMILES string of the molecule is COC(=O)C1CCN(Cc2cc(OC)ccc2C=O)CC1. The Labute approximate surface area is 124 Å². The molecule has 0 N–H and O–H groups in total. The molecule has 114 valence electrons.